The van der Waals surface area contributed by atoms with Crippen LogP contribution in [0.4, 0.5) is 0 Å². The topological polar surface area (TPSA) is 58.6 Å². The molecule has 6 heteroatoms. The molecule has 0 aliphatic heterocycles. The fourth-order valence-corrected chi connectivity index (χ4v) is 3.33. The number of hydrogen-bond donors (Lipinski definition) is 2. The van der Waals surface area contributed by atoms with Crippen LogP contribution in [0.3, 0.4) is 0 Å². The Hall–Kier alpha value is -0.780. The first-order chi connectivity index (χ1) is 9.96. The summed E-state index contributed by atoms with van der Waals surface area (Å²) in [6, 6.07) is 5.14. The maximum absolute atomic E-state index is 12.3. The van der Waals surface area contributed by atoms with Crippen molar-refractivity contribution in [3.8, 4) is 5.75 Å². The number of hydrogen-bond acceptors (Lipinski definition) is 3. The number of amides is 1. The van der Waals surface area contributed by atoms with Gasteiger partial charge in [-0.3, -0.25) is 4.79 Å². The maximum atomic E-state index is 12.3. The second-order valence-electron chi connectivity index (χ2n) is 5.47. The molecule has 0 bridgehead atoms. The van der Waals surface area contributed by atoms with E-state index in [-0.39, 0.29) is 12.5 Å². The molecule has 1 aromatic carbocycles. The normalized spacial score (nSPS) is 18.3. The molecule has 2 N–H and O–H groups in total. The lowest BCUT2D eigenvalue weighted by Gasteiger charge is -2.29. The van der Waals surface area contributed by atoms with E-state index < -0.39 is 11.6 Å². The smallest absolute Gasteiger partial charge is 0.261 e. The zero-order chi connectivity index (χ0) is 15.5. The number of rotatable bonds is 5. The van der Waals surface area contributed by atoms with E-state index in [1.807, 2.05) is 0 Å². The summed E-state index contributed by atoms with van der Waals surface area (Å²) in [5.41, 5.74) is -0.480. The van der Waals surface area contributed by atoms with Gasteiger partial charge in [0.05, 0.1) is 16.6 Å². The van der Waals surface area contributed by atoms with Gasteiger partial charge in [0.1, 0.15) is 5.75 Å². The highest BCUT2D eigenvalue weighted by molar-refractivity contribution is 9.10. The van der Waals surface area contributed by atoms with Gasteiger partial charge in [-0.1, -0.05) is 24.4 Å². The first kappa shape index (κ1) is 16.6. The third-order valence-corrected chi connectivity index (χ3v) is 4.67. The van der Waals surface area contributed by atoms with Crippen LogP contribution in [0.1, 0.15) is 32.6 Å². The SMILES string of the molecule is CC(Oc1ccc(Cl)cc1Br)C(=O)NC1(CO)CCCC1. The average Bonchev–Trinajstić information content (AvgIpc) is 2.91. The van der Waals surface area contributed by atoms with E-state index in [0.29, 0.717) is 15.2 Å². The molecule has 1 fully saturated rings. The molecule has 0 aromatic heterocycles. The molecule has 1 aromatic rings. The Morgan fingerprint density at radius 2 is 2.19 bits per heavy atom. The molecule has 1 amide bonds. The van der Waals surface area contributed by atoms with Gasteiger partial charge in [0.25, 0.3) is 5.91 Å². The molecule has 4 nitrogen and oxygen atoms in total. The highest BCUT2D eigenvalue weighted by Gasteiger charge is 2.36. The van der Waals surface area contributed by atoms with Crippen LogP contribution in [0.15, 0.2) is 22.7 Å². The molecule has 0 spiro atoms. The molecule has 1 unspecified atom stereocenters. The minimum Gasteiger partial charge on any atom is -0.480 e. The fourth-order valence-electron chi connectivity index (χ4n) is 2.55. The lowest BCUT2D eigenvalue weighted by Crippen LogP contribution is -2.52. The minimum atomic E-state index is -0.647. The Kier molecular flexibility index (Phi) is 5.52. The van der Waals surface area contributed by atoms with Crippen LogP contribution in [0.2, 0.25) is 5.02 Å². The molecule has 1 aliphatic rings. The summed E-state index contributed by atoms with van der Waals surface area (Å²) in [4.78, 5) is 12.3. The van der Waals surface area contributed by atoms with Gasteiger partial charge >= 0.3 is 0 Å². The summed E-state index contributed by atoms with van der Waals surface area (Å²) in [7, 11) is 0. The third kappa shape index (κ3) is 4.11. The van der Waals surface area contributed by atoms with Gasteiger partial charge in [0.2, 0.25) is 0 Å². The largest absolute Gasteiger partial charge is 0.480 e. The third-order valence-electron chi connectivity index (χ3n) is 3.82. The predicted molar refractivity (Wildman–Crippen MR) is 85.7 cm³/mol. The van der Waals surface area contributed by atoms with Crippen LogP contribution in [0, 0.1) is 0 Å². The van der Waals surface area contributed by atoms with E-state index in [2.05, 4.69) is 21.2 Å². The van der Waals surface area contributed by atoms with Gasteiger partial charge < -0.3 is 15.2 Å². The van der Waals surface area contributed by atoms with E-state index in [9.17, 15) is 9.90 Å². The van der Waals surface area contributed by atoms with Gasteiger partial charge in [-0.15, -0.1) is 0 Å². The highest BCUT2D eigenvalue weighted by Crippen LogP contribution is 2.30. The van der Waals surface area contributed by atoms with Gasteiger partial charge in [0, 0.05) is 5.02 Å². The summed E-state index contributed by atoms with van der Waals surface area (Å²) in [6.45, 7) is 1.66. The number of halogens is 2. The van der Waals surface area contributed by atoms with Crippen molar-refractivity contribution in [1.82, 2.24) is 5.32 Å². The summed E-state index contributed by atoms with van der Waals surface area (Å²) >= 11 is 9.23. The highest BCUT2D eigenvalue weighted by atomic mass is 79.9. The Bertz CT molecular complexity index is 518. The average molecular weight is 377 g/mol. The second kappa shape index (κ2) is 6.99. The number of ether oxygens (including phenoxy) is 1. The number of aliphatic hydroxyl groups is 1. The molecule has 0 saturated heterocycles. The Balaban J connectivity index is 1.99. The molecular weight excluding hydrogens is 358 g/mol. The molecule has 0 radical (unpaired) electrons. The Labute approximate surface area is 138 Å². The number of carbonyl (C=O) groups excluding carboxylic acids is 1. The van der Waals surface area contributed by atoms with Gasteiger partial charge in [-0.25, -0.2) is 0 Å². The van der Waals surface area contributed by atoms with Crippen molar-refractivity contribution in [2.75, 3.05) is 6.61 Å². The van der Waals surface area contributed by atoms with E-state index in [1.165, 1.54) is 0 Å². The lowest BCUT2D eigenvalue weighted by molar-refractivity contribution is -0.129. The molecule has 1 aliphatic carbocycles. The van der Waals surface area contributed by atoms with Crippen molar-refractivity contribution in [1.29, 1.82) is 0 Å². The summed E-state index contributed by atoms with van der Waals surface area (Å²) < 4.78 is 6.36. The molecule has 116 valence electrons. The molecule has 2 rings (SSSR count). The second-order valence-corrected chi connectivity index (χ2v) is 6.76. The van der Waals surface area contributed by atoms with Crippen LogP contribution in [-0.4, -0.2) is 29.3 Å². The predicted octanol–water partition coefficient (Wildman–Crippen LogP) is 3.29. The molecule has 1 atom stereocenters. The molecule has 21 heavy (non-hydrogen) atoms. The maximum Gasteiger partial charge on any atom is 0.261 e. The van der Waals surface area contributed by atoms with Crippen molar-refractivity contribution >= 4 is 33.4 Å². The Morgan fingerprint density at radius 3 is 2.76 bits per heavy atom. The van der Waals surface area contributed by atoms with Crippen molar-refractivity contribution in [3.63, 3.8) is 0 Å². The van der Waals surface area contributed by atoms with Crippen LogP contribution in [0.5, 0.6) is 5.75 Å². The first-order valence-corrected chi connectivity index (χ1v) is 8.17. The van der Waals surface area contributed by atoms with Crippen LogP contribution in [0.25, 0.3) is 0 Å². The monoisotopic (exact) mass is 375 g/mol. The zero-order valence-corrected chi connectivity index (χ0v) is 14.2. The van der Waals surface area contributed by atoms with Crippen LogP contribution >= 0.6 is 27.5 Å². The number of carbonyl (C=O) groups is 1. The van der Waals surface area contributed by atoms with Crippen LogP contribution < -0.4 is 10.1 Å². The van der Waals surface area contributed by atoms with E-state index in [1.54, 1.807) is 25.1 Å². The van der Waals surface area contributed by atoms with Crippen molar-refractivity contribution in [2.45, 2.75) is 44.2 Å². The summed E-state index contributed by atoms with van der Waals surface area (Å²) in [5.74, 6) is 0.347. The van der Waals surface area contributed by atoms with E-state index in [4.69, 9.17) is 16.3 Å². The van der Waals surface area contributed by atoms with Crippen molar-refractivity contribution in [3.05, 3.63) is 27.7 Å². The number of aliphatic hydroxyl groups excluding tert-OH is 1. The zero-order valence-electron chi connectivity index (χ0n) is 11.9. The minimum absolute atomic E-state index is 0.0316. The van der Waals surface area contributed by atoms with E-state index in [0.717, 1.165) is 25.7 Å². The number of nitrogens with one attached hydrogen (secondary N) is 1. The standard InChI is InChI=1S/C15H19BrClNO3/c1-10(21-13-5-4-11(17)8-12(13)16)14(20)18-15(9-19)6-2-3-7-15/h4-5,8,10,19H,2-3,6-7,9H2,1H3,(H,18,20). The summed E-state index contributed by atoms with van der Waals surface area (Å²) in [5, 5.41) is 13.1. The van der Waals surface area contributed by atoms with Gasteiger partial charge in [-0.05, 0) is 53.9 Å². The van der Waals surface area contributed by atoms with E-state index >= 15 is 0 Å². The number of benzene rings is 1. The first-order valence-electron chi connectivity index (χ1n) is 7.00. The van der Waals surface area contributed by atoms with Crippen molar-refractivity contribution < 1.29 is 14.6 Å². The molecule has 1 saturated carbocycles. The molecule has 0 heterocycles. The summed E-state index contributed by atoms with van der Waals surface area (Å²) in [6.07, 6.45) is 3.03. The fraction of sp³-hybridized carbons (Fsp3) is 0.533. The van der Waals surface area contributed by atoms with Gasteiger partial charge in [0.15, 0.2) is 6.10 Å². The quantitative estimate of drug-likeness (QED) is 0.829. The lowest BCUT2D eigenvalue weighted by atomic mass is 9.98. The molecular formula is C15H19BrClNO3. The van der Waals surface area contributed by atoms with Crippen molar-refractivity contribution in [2.24, 2.45) is 0 Å². The van der Waals surface area contributed by atoms with Gasteiger partial charge in [-0.2, -0.15) is 0 Å². The van der Waals surface area contributed by atoms with Crippen LogP contribution in [-0.2, 0) is 4.79 Å². The Morgan fingerprint density at radius 1 is 1.52 bits per heavy atom.